The van der Waals surface area contributed by atoms with Gasteiger partial charge in [-0.15, -0.1) is 0 Å². The van der Waals surface area contributed by atoms with Gasteiger partial charge in [0, 0.05) is 44.5 Å². The van der Waals surface area contributed by atoms with E-state index in [-0.39, 0.29) is 30.1 Å². The highest BCUT2D eigenvalue weighted by atomic mass is 19.1. The third kappa shape index (κ3) is 5.48. The minimum absolute atomic E-state index is 0.00419. The van der Waals surface area contributed by atoms with Crippen LogP contribution in [0.1, 0.15) is 36.9 Å². The van der Waals surface area contributed by atoms with E-state index in [1.54, 1.807) is 12.4 Å². The normalized spacial score (nSPS) is 22.5. The van der Waals surface area contributed by atoms with Gasteiger partial charge in [-0.05, 0) is 54.7 Å². The molecule has 2 aliphatic heterocycles. The van der Waals surface area contributed by atoms with Crippen LogP contribution >= 0.6 is 0 Å². The molecule has 0 aliphatic carbocycles. The van der Waals surface area contributed by atoms with Gasteiger partial charge in [0.05, 0.1) is 41.5 Å². The highest BCUT2D eigenvalue weighted by molar-refractivity contribution is 5.69. The molecule has 0 amide bonds. The van der Waals surface area contributed by atoms with Crippen LogP contribution in [0, 0.1) is 23.4 Å². The predicted molar refractivity (Wildman–Crippen MR) is 139 cm³/mol. The number of ether oxygens (including phenoxy) is 1. The lowest BCUT2D eigenvalue weighted by Crippen LogP contribution is -2.55. The second-order valence-corrected chi connectivity index (χ2v) is 10.2. The van der Waals surface area contributed by atoms with Gasteiger partial charge in [-0.1, -0.05) is 6.92 Å². The third-order valence-electron chi connectivity index (χ3n) is 7.46. The molecule has 3 aromatic rings. The standard InChI is InChI=1S/C28H32F3N5O2/c1-16-14-36(15-23(32)28(16)37)25-4-7-33-13-24(25)34-12-19-2-3-20(29)27(35-19)26-21(30)10-18(11-22(26)31)17-5-8-38-9-6-17/h2-4,7,10-11,13,16-17,23,28,34,37H,5-6,8-9,12,14-15,32H2,1H3. The fourth-order valence-corrected chi connectivity index (χ4v) is 5.34. The summed E-state index contributed by atoms with van der Waals surface area (Å²) in [5.74, 6) is -2.49. The topological polar surface area (TPSA) is 96.5 Å². The SMILES string of the molecule is CC1CN(c2ccncc2NCc2ccc(F)c(-c3c(F)cc(C4CCOCC4)cc3F)n2)CC(N)C1O. The minimum atomic E-state index is -0.838. The number of anilines is 2. The smallest absolute Gasteiger partial charge is 0.149 e. The fraction of sp³-hybridized carbons (Fsp3) is 0.429. The van der Waals surface area contributed by atoms with Crippen LogP contribution in [0.15, 0.2) is 42.7 Å². The van der Waals surface area contributed by atoms with Gasteiger partial charge in [-0.3, -0.25) is 4.98 Å². The number of nitrogens with zero attached hydrogens (tertiary/aromatic N) is 3. The molecule has 4 N–H and O–H groups in total. The molecule has 2 aliphatic rings. The Morgan fingerprint density at radius 3 is 2.53 bits per heavy atom. The van der Waals surface area contributed by atoms with Crippen LogP contribution < -0.4 is 16.0 Å². The molecule has 202 valence electrons. The average Bonchev–Trinajstić information content (AvgIpc) is 2.92. The Bertz CT molecular complexity index is 1250. The molecular weight excluding hydrogens is 495 g/mol. The van der Waals surface area contributed by atoms with Crippen LogP contribution in [0.4, 0.5) is 24.5 Å². The van der Waals surface area contributed by atoms with Gasteiger partial charge < -0.3 is 25.8 Å². The van der Waals surface area contributed by atoms with Crippen molar-refractivity contribution in [1.82, 2.24) is 9.97 Å². The maximum Gasteiger partial charge on any atom is 0.149 e. The maximum atomic E-state index is 15.1. The van der Waals surface area contributed by atoms with Gasteiger partial charge in [-0.2, -0.15) is 0 Å². The van der Waals surface area contributed by atoms with Crippen LogP contribution in [-0.2, 0) is 11.3 Å². The van der Waals surface area contributed by atoms with E-state index >= 15 is 8.78 Å². The first-order valence-corrected chi connectivity index (χ1v) is 12.9. The largest absolute Gasteiger partial charge is 0.391 e. The number of hydrogen-bond acceptors (Lipinski definition) is 7. The fourth-order valence-electron chi connectivity index (χ4n) is 5.34. The summed E-state index contributed by atoms with van der Waals surface area (Å²) in [6.07, 6.45) is 4.13. The molecule has 1 aromatic carbocycles. The lowest BCUT2D eigenvalue weighted by atomic mass is 9.90. The van der Waals surface area contributed by atoms with Gasteiger partial charge in [0.25, 0.3) is 0 Å². The number of piperidine rings is 1. The summed E-state index contributed by atoms with van der Waals surface area (Å²) < 4.78 is 50.4. The van der Waals surface area contributed by atoms with Crippen molar-refractivity contribution in [1.29, 1.82) is 0 Å². The summed E-state index contributed by atoms with van der Waals surface area (Å²) in [7, 11) is 0. The molecule has 7 nitrogen and oxygen atoms in total. The van der Waals surface area contributed by atoms with Gasteiger partial charge >= 0.3 is 0 Å². The summed E-state index contributed by atoms with van der Waals surface area (Å²) in [4.78, 5) is 10.6. The first kappa shape index (κ1) is 26.4. The van der Waals surface area contributed by atoms with E-state index in [0.29, 0.717) is 56.1 Å². The molecule has 0 bridgehead atoms. The zero-order valence-electron chi connectivity index (χ0n) is 21.2. The molecular formula is C28H32F3N5O2. The number of aliphatic hydroxyl groups is 1. The van der Waals surface area contributed by atoms with Crippen molar-refractivity contribution in [2.45, 2.75) is 44.4 Å². The molecule has 3 atom stereocenters. The zero-order chi connectivity index (χ0) is 26.8. The number of aromatic nitrogens is 2. The van der Waals surface area contributed by atoms with E-state index < -0.39 is 29.1 Å². The molecule has 5 rings (SSSR count). The highest BCUT2D eigenvalue weighted by Crippen LogP contribution is 2.34. The molecule has 0 radical (unpaired) electrons. The average molecular weight is 528 g/mol. The molecule has 2 saturated heterocycles. The number of benzene rings is 1. The van der Waals surface area contributed by atoms with Crippen molar-refractivity contribution in [3.63, 3.8) is 0 Å². The van der Waals surface area contributed by atoms with Crippen LogP contribution in [0.3, 0.4) is 0 Å². The molecule has 2 aromatic heterocycles. The Kier molecular flexibility index (Phi) is 7.83. The first-order valence-electron chi connectivity index (χ1n) is 12.9. The van der Waals surface area contributed by atoms with Crippen molar-refractivity contribution < 1.29 is 23.0 Å². The van der Waals surface area contributed by atoms with E-state index in [4.69, 9.17) is 10.5 Å². The zero-order valence-corrected chi connectivity index (χ0v) is 21.2. The molecule has 3 unspecified atom stereocenters. The Balaban J connectivity index is 1.36. The molecule has 2 fully saturated rings. The Hall–Kier alpha value is -3.21. The van der Waals surface area contributed by atoms with Crippen LogP contribution in [0.5, 0.6) is 0 Å². The number of aliphatic hydroxyl groups excluding tert-OH is 1. The number of pyridine rings is 2. The summed E-state index contributed by atoms with van der Waals surface area (Å²) in [5, 5.41) is 13.5. The Labute approximate surface area is 219 Å². The number of hydrogen-bond donors (Lipinski definition) is 3. The van der Waals surface area contributed by atoms with Crippen LogP contribution in [0.25, 0.3) is 11.3 Å². The van der Waals surface area contributed by atoms with Crippen LogP contribution in [-0.4, -0.2) is 53.5 Å². The lowest BCUT2D eigenvalue weighted by molar-refractivity contribution is 0.0785. The van der Waals surface area contributed by atoms with Crippen molar-refractivity contribution >= 4 is 11.4 Å². The van der Waals surface area contributed by atoms with E-state index in [1.165, 1.54) is 24.3 Å². The van der Waals surface area contributed by atoms with Crippen molar-refractivity contribution in [2.75, 3.05) is 36.5 Å². The number of halogens is 3. The van der Waals surface area contributed by atoms with E-state index in [2.05, 4.69) is 20.2 Å². The van der Waals surface area contributed by atoms with Crippen molar-refractivity contribution in [2.24, 2.45) is 11.7 Å². The summed E-state index contributed by atoms with van der Waals surface area (Å²) in [6.45, 7) is 4.31. The molecule has 10 heteroatoms. The quantitative estimate of drug-likeness (QED) is 0.442. The molecule has 38 heavy (non-hydrogen) atoms. The van der Waals surface area contributed by atoms with Gasteiger partial charge in [0.2, 0.25) is 0 Å². The second kappa shape index (κ2) is 11.3. The lowest BCUT2D eigenvalue weighted by Gasteiger charge is -2.40. The molecule has 0 saturated carbocycles. The number of nitrogens with two attached hydrogens (primary N) is 1. The second-order valence-electron chi connectivity index (χ2n) is 10.2. The van der Waals surface area contributed by atoms with E-state index in [1.807, 2.05) is 13.0 Å². The first-order chi connectivity index (χ1) is 18.3. The minimum Gasteiger partial charge on any atom is -0.391 e. The van der Waals surface area contributed by atoms with Crippen molar-refractivity contribution in [3.8, 4) is 11.3 Å². The Morgan fingerprint density at radius 2 is 1.82 bits per heavy atom. The number of rotatable bonds is 6. The molecule has 0 spiro atoms. The summed E-state index contributed by atoms with van der Waals surface area (Å²) >= 11 is 0. The highest BCUT2D eigenvalue weighted by Gasteiger charge is 2.31. The number of nitrogens with one attached hydrogen (secondary N) is 1. The van der Waals surface area contributed by atoms with Crippen molar-refractivity contribution in [3.05, 3.63) is 71.4 Å². The van der Waals surface area contributed by atoms with E-state index in [9.17, 15) is 9.50 Å². The summed E-state index contributed by atoms with van der Waals surface area (Å²) in [5.41, 5.74) is 7.81. The van der Waals surface area contributed by atoms with Crippen LogP contribution in [0.2, 0.25) is 0 Å². The maximum absolute atomic E-state index is 15.1. The van der Waals surface area contributed by atoms with Gasteiger partial charge in [0.15, 0.2) is 0 Å². The van der Waals surface area contributed by atoms with E-state index in [0.717, 1.165) is 5.69 Å². The third-order valence-corrected chi connectivity index (χ3v) is 7.46. The Morgan fingerprint density at radius 1 is 1.08 bits per heavy atom. The van der Waals surface area contributed by atoms with Gasteiger partial charge in [-0.25, -0.2) is 18.2 Å². The monoisotopic (exact) mass is 527 g/mol. The summed E-state index contributed by atoms with van der Waals surface area (Å²) in [6, 6.07) is 6.68. The van der Waals surface area contributed by atoms with Gasteiger partial charge in [0.1, 0.15) is 23.1 Å². The predicted octanol–water partition coefficient (Wildman–Crippen LogP) is 4.21. The molecule has 4 heterocycles.